The summed E-state index contributed by atoms with van der Waals surface area (Å²) in [5.41, 5.74) is 4.72. The average Bonchev–Trinajstić information content (AvgIpc) is 3.93. The first-order chi connectivity index (χ1) is 23.2. The largest absolute Gasteiger partial charge is 0.269 e. The number of nitrogens with zero attached hydrogens (tertiary/aromatic N) is 2. The lowest BCUT2D eigenvalue weighted by molar-refractivity contribution is -0.385. The van der Waals surface area contributed by atoms with Gasteiger partial charge in [0.2, 0.25) is 0 Å². The van der Waals surface area contributed by atoms with E-state index < -0.39 is 0 Å². The van der Waals surface area contributed by atoms with Crippen molar-refractivity contribution >= 4 is 132 Å². The Bertz CT molecular complexity index is 2410. The molecule has 0 unspecified atom stereocenters. The van der Waals surface area contributed by atoms with Crippen LogP contribution in [-0.4, -0.2) is 9.85 Å². The summed E-state index contributed by atoms with van der Waals surface area (Å²) < 4.78 is 8.27. The molecule has 0 aliphatic carbocycles. The van der Waals surface area contributed by atoms with Crippen molar-refractivity contribution in [1.29, 1.82) is 0 Å². The Hall–Kier alpha value is -4.30. The summed E-state index contributed by atoms with van der Waals surface area (Å²) in [6.45, 7) is 4.47. The van der Waals surface area contributed by atoms with Crippen LogP contribution in [0.5, 0.6) is 0 Å². The van der Waals surface area contributed by atoms with Crippen LogP contribution in [0.4, 0.5) is 11.4 Å². The number of aryl methyl sites for hydroxylation is 2. The first kappa shape index (κ1) is 31.0. The van der Waals surface area contributed by atoms with Gasteiger partial charge in [0.25, 0.3) is 11.4 Å². The van der Waals surface area contributed by atoms with Crippen molar-refractivity contribution < 1.29 is 9.85 Å². The van der Waals surface area contributed by atoms with E-state index in [4.69, 9.17) is 0 Å². The van der Waals surface area contributed by atoms with E-state index in [0.29, 0.717) is 0 Å². The molecule has 236 valence electrons. The molecule has 6 heterocycles. The minimum Gasteiger partial charge on any atom is -0.258 e. The Kier molecular flexibility index (Phi) is 7.94. The summed E-state index contributed by atoms with van der Waals surface area (Å²) >= 11 is 11.1. The topological polar surface area (TPSA) is 86.3 Å². The number of hydrogen-bond donors (Lipinski definition) is 0. The van der Waals surface area contributed by atoms with E-state index in [1.54, 1.807) is 46.9 Å². The van der Waals surface area contributed by atoms with Crippen LogP contribution in [0.3, 0.4) is 0 Å². The predicted molar refractivity (Wildman–Crippen MR) is 211 cm³/mol. The number of thiophene rings is 6. The third kappa shape index (κ3) is 5.54. The number of rotatable bonds is 8. The third-order valence-corrected chi connectivity index (χ3v) is 16.4. The van der Waals surface area contributed by atoms with Crippen molar-refractivity contribution in [3.8, 4) is 19.5 Å². The zero-order valence-corrected chi connectivity index (χ0v) is 30.1. The summed E-state index contributed by atoms with van der Waals surface area (Å²) in [7, 11) is 0. The molecule has 0 saturated carbocycles. The molecule has 8 rings (SSSR count). The van der Waals surface area contributed by atoms with E-state index >= 15 is 0 Å². The molecule has 0 atom stereocenters. The summed E-state index contributed by atoms with van der Waals surface area (Å²) in [4.78, 5) is 28.5. The van der Waals surface area contributed by atoms with Gasteiger partial charge in [0, 0.05) is 53.5 Å². The molecule has 6 aromatic heterocycles. The number of nitro benzene ring substituents is 2. The van der Waals surface area contributed by atoms with Gasteiger partial charge in [0.05, 0.1) is 38.0 Å². The van der Waals surface area contributed by atoms with Gasteiger partial charge >= 0.3 is 0 Å². The quantitative estimate of drug-likeness (QED) is 0.115. The van der Waals surface area contributed by atoms with Crippen LogP contribution in [0.25, 0.3) is 72.0 Å². The molecule has 0 aliphatic heterocycles. The Morgan fingerprint density at radius 3 is 1.21 bits per heavy atom. The summed E-state index contributed by atoms with van der Waals surface area (Å²) in [5, 5.41) is 21.9. The van der Waals surface area contributed by atoms with Crippen molar-refractivity contribution in [2.45, 2.75) is 13.8 Å². The normalized spacial score (nSPS) is 12.1. The van der Waals surface area contributed by atoms with Gasteiger partial charge in [0.15, 0.2) is 0 Å². The predicted octanol–water partition coefficient (Wildman–Crippen LogP) is 13.6. The van der Waals surface area contributed by atoms with Crippen molar-refractivity contribution in [3.05, 3.63) is 125 Å². The molecule has 8 aromatic rings. The molecule has 0 amide bonds. The SMILES string of the molecule is Cc1c(-c2ccc(/C=C/c3ccc([N+](=O)[O-])cc3)s2)sc2c1sc1c3sc(-c4ccc(/C=C/c5ccc([N+](=O)[O-])cc5)s4)c(C)c3sc21. The molecule has 2 aromatic carbocycles. The van der Waals surface area contributed by atoms with E-state index in [0.717, 1.165) is 20.9 Å². The van der Waals surface area contributed by atoms with Gasteiger partial charge in [-0.3, -0.25) is 20.2 Å². The lowest BCUT2D eigenvalue weighted by atomic mass is 10.2. The van der Waals surface area contributed by atoms with Gasteiger partial charge in [-0.2, -0.15) is 0 Å². The fraction of sp³-hybridized carbons (Fsp3) is 0.0556. The first-order valence-electron chi connectivity index (χ1n) is 14.7. The molecule has 0 N–H and O–H groups in total. The van der Waals surface area contributed by atoms with Crippen molar-refractivity contribution in [3.63, 3.8) is 0 Å². The number of benzene rings is 2. The Morgan fingerprint density at radius 2 is 0.833 bits per heavy atom. The highest BCUT2D eigenvalue weighted by Crippen LogP contribution is 2.55. The third-order valence-electron chi connectivity index (χ3n) is 8.00. The van der Waals surface area contributed by atoms with Gasteiger partial charge in [-0.05, 0) is 96.8 Å². The highest BCUT2D eigenvalue weighted by Gasteiger charge is 2.23. The zero-order chi connectivity index (χ0) is 33.1. The van der Waals surface area contributed by atoms with Crippen LogP contribution in [0.15, 0.2) is 72.8 Å². The van der Waals surface area contributed by atoms with Crippen molar-refractivity contribution in [1.82, 2.24) is 0 Å². The molecular formula is C36H22N2O4S6. The monoisotopic (exact) mass is 738 g/mol. The van der Waals surface area contributed by atoms with Crippen LogP contribution in [0.2, 0.25) is 0 Å². The zero-order valence-electron chi connectivity index (χ0n) is 25.2. The number of nitro groups is 2. The molecule has 0 bridgehead atoms. The van der Waals surface area contributed by atoms with E-state index in [9.17, 15) is 20.2 Å². The van der Waals surface area contributed by atoms with Crippen molar-refractivity contribution in [2.24, 2.45) is 0 Å². The molecule has 6 nitrogen and oxygen atoms in total. The Balaban J connectivity index is 1.05. The summed E-state index contributed by atoms with van der Waals surface area (Å²) in [6, 6.07) is 21.9. The smallest absolute Gasteiger partial charge is 0.258 e. The molecule has 0 spiro atoms. The number of hydrogen-bond acceptors (Lipinski definition) is 10. The van der Waals surface area contributed by atoms with Gasteiger partial charge in [-0.25, -0.2) is 0 Å². The molecule has 0 saturated heterocycles. The van der Waals surface area contributed by atoms with E-state index in [2.05, 4.69) is 50.3 Å². The molecule has 0 fully saturated rings. The second kappa shape index (κ2) is 12.3. The van der Waals surface area contributed by atoms with Crippen LogP contribution in [0, 0.1) is 34.1 Å². The van der Waals surface area contributed by atoms with Crippen LogP contribution in [-0.2, 0) is 0 Å². The molecule has 0 radical (unpaired) electrons. The maximum Gasteiger partial charge on any atom is 0.269 e. The highest BCUT2D eigenvalue weighted by molar-refractivity contribution is 7.46. The van der Waals surface area contributed by atoms with E-state index in [1.807, 2.05) is 57.5 Å². The standard InChI is InChI=1S/C36H22N2O4S6/c1-19-29(27-17-15-25(43-27)13-7-21-3-9-23(10-4-21)37(39)40)45-33-31(19)47-36-34-32(48-35(33)36)20(2)30(46-34)28-18-16-26(44-28)14-8-22-5-11-24(12-6-22)38(41)42/h3-18H,1-2H3/b13-7+,14-8+. The molecule has 48 heavy (non-hydrogen) atoms. The lowest BCUT2D eigenvalue weighted by Crippen LogP contribution is -1.86. The Labute approximate surface area is 298 Å². The second-order valence-corrected chi connectivity index (χ2v) is 17.4. The van der Waals surface area contributed by atoms with Crippen LogP contribution in [0.1, 0.15) is 32.0 Å². The maximum atomic E-state index is 10.9. The van der Waals surface area contributed by atoms with Gasteiger partial charge in [-0.1, -0.05) is 12.2 Å². The van der Waals surface area contributed by atoms with Gasteiger partial charge in [0.1, 0.15) is 0 Å². The van der Waals surface area contributed by atoms with E-state index in [-0.39, 0.29) is 21.2 Å². The maximum absolute atomic E-state index is 10.9. The minimum absolute atomic E-state index is 0.0956. The second-order valence-electron chi connectivity index (χ2n) is 11.1. The van der Waals surface area contributed by atoms with Gasteiger partial charge < -0.3 is 0 Å². The fourth-order valence-electron chi connectivity index (χ4n) is 5.51. The van der Waals surface area contributed by atoms with Crippen LogP contribution < -0.4 is 0 Å². The molecule has 12 heteroatoms. The Morgan fingerprint density at radius 1 is 0.458 bits per heavy atom. The average molecular weight is 739 g/mol. The van der Waals surface area contributed by atoms with Gasteiger partial charge in [-0.15, -0.1) is 68.0 Å². The van der Waals surface area contributed by atoms with E-state index in [1.165, 1.54) is 83.1 Å². The molecule has 0 aliphatic rings. The first-order valence-corrected chi connectivity index (χ1v) is 19.6. The summed E-state index contributed by atoms with van der Waals surface area (Å²) in [5.74, 6) is 0. The minimum atomic E-state index is -0.381. The van der Waals surface area contributed by atoms with Crippen molar-refractivity contribution in [2.75, 3.05) is 0 Å². The summed E-state index contributed by atoms with van der Waals surface area (Å²) in [6.07, 6.45) is 8.12. The number of non-ortho nitro benzene ring substituents is 2. The van der Waals surface area contributed by atoms with Crippen LogP contribution >= 0.6 is 68.0 Å². The lowest BCUT2D eigenvalue weighted by Gasteiger charge is -1.95. The number of fused-ring (bicyclic) bond motifs is 5. The molecular weight excluding hydrogens is 717 g/mol. The fourth-order valence-corrected chi connectivity index (χ4v) is 13.7. The highest BCUT2D eigenvalue weighted by atomic mass is 32.1.